The van der Waals surface area contributed by atoms with Crippen LogP contribution in [0.1, 0.15) is 41.8 Å². The first kappa shape index (κ1) is 24.7. The van der Waals surface area contributed by atoms with Crippen LogP contribution in [0.25, 0.3) is 0 Å². The minimum Gasteiger partial charge on any atom is -0.383 e. The third kappa shape index (κ3) is 6.33. The van der Waals surface area contributed by atoms with Gasteiger partial charge in [0, 0.05) is 38.7 Å². The number of benzene rings is 2. The highest BCUT2D eigenvalue weighted by Gasteiger charge is 2.34. The number of hydrogen-bond acceptors (Lipinski definition) is 4. The normalized spacial score (nSPS) is 15.2. The molecule has 33 heavy (non-hydrogen) atoms. The molecule has 2 aromatic carbocycles. The van der Waals surface area contributed by atoms with Crippen LogP contribution >= 0.6 is 11.6 Å². The van der Waals surface area contributed by atoms with Gasteiger partial charge in [-0.15, -0.1) is 0 Å². The predicted octanol–water partition coefficient (Wildman–Crippen LogP) is 3.65. The van der Waals surface area contributed by atoms with Crippen molar-refractivity contribution in [1.29, 1.82) is 0 Å². The van der Waals surface area contributed by atoms with Crippen molar-refractivity contribution in [3.05, 3.63) is 64.2 Å². The van der Waals surface area contributed by atoms with E-state index in [0.29, 0.717) is 43.8 Å². The van der Waals surface area contributed by atoms with Gasteiger partial charge in [-0.25, -0.2) is 0 Å². The fraction of sp³-hybridized carbons (Fsp3) is 0.400. The smallest absolute Gasteiger partial charge is 0.252 e. The van der Waals surface area contributed by atoms with Gasteiger partial charge in [-0.2, -0.15) is 0 Å². The summed E-state index contributed by atoms with van der Waals surface area (Å²) < 4.78 is 4.92. The largest absolute Gasteiger partial charge is 0.383 e. The third-order valence-corrected chi connectivity index (χ3v) is 5.84. The van der Waals surface area contributed by atoms with E-state index in [-0.39, 0.29) is 28.7 Å². The summed E-state index contributed by atoms with van der Waals surface area (Å²) in [6.07, 6.45) is 0.824. The maximum Gasteiger partial charge on any atom is 0.252 e. The highest BCUT2D eigenvalue weighted by Crippen LogP contribution is 2.27. The topological polar surface area (TPSA) is 87.7 Å². The minimum atomic E-state index is -0.623. The van der Waals surface area contributed by atoms with E-state index in [9.17, 15) is 14.4 Å². The van der Waals surface area contributed by atoms with Gasteiger partial charge in [0.05, 0.1) is 17.2 Å². The number of carbonyl (C=O) groups is 3. The molecule has 0 radical (unpaired) electrons. The lowest BCUT2D eigenvalue weighted by Crippen LogP contribution is -2.50. The number of anilines is 1. The van der Waals surface area contributed by atoms with Crippen LogP contribution in [0.15, 0.2) is 42.5 Å². The molecule has 1 atom stereocenters. The maximum absolute atomic E-state index is 13.2. The maximum atomic E-state index is 13.2. The molecule has 1 aliphatic heterocycles. The standard InChI is InChI=1S/C25H30ClN3O4/c1-16(2)12-23(30)29-15-18-7-5-4-6-17(18)13-22(29)25(32)28-19-8-9-20(21(26)14-19)24(31)27-10-11-33-3/h4-9,14,16,22H,10-13,15H2,1-3H3,(H,27,31)(H,28,32). The fourth-order valence-electron chi connectivity index (χ4n) is 3.85. The Hall–Kier alpha value is -2.90. The highest BCUT2D eigenvalue weighted by atomic mass is 35.5. The van der Waals surface area contributed by atoms with Crippen molar-refractivity contribution in [3.8, 4) is 0 Å². The van der Waals surface area contributed by atoms with Crippen LogP contribution in [0.5, 0.6) is 0 Å². The number of hydrogen-bond donors (Lipinski definition) is 2. The molecule has 1 unspecified atom stereocenters. The zero-order valence-electron chi connectivity index (χ0n) is 19.2. The first-order chi connectivity index (χ1) is 15.8. The number of carbonyl (C=O) groups excluding carboxylic acids is 3. The Morgan fingerprint density at radius 2 is 1.88 bits per heavy atom. The molecule has 0 aromatic heterocycles. The number of halogens is 1. The van der Waals surface area contributed by atoms with Crippen LogP contribution in [-0.4, -0.2) is 48.9 Å². The molecule has 8 heteroatoms. The molecule has 3 rings (SSSR count). The van der Waals surface area contributed by atoms with Gasteiger partial charge in [-0.3, -0.25) is 14.4 Å². The van der Waals surface area contributed by atoms with Crippen molar-refractivity contribution >= 4 is 35.0 Å². The lowest BCUT2D eigenvalue weighted by atomic mass is 9.92. The molecule has 7 nitrogen and oxygen atoms in total. The minimum absolute atomic E-state index is 0.0410. The summed E-state index contributed by atoms with van der Waals surface area (Å²) in [4.78, 5) is 40.1. The Labute approximate surface area is 199 Å². The summed E-state index contributed by atoms with van der Waals surface area (Å²) in [5, 5.41) is 5.81. The van der Waals surface area contributed by atoms with Crippen molar-refractivity contribution in [2.75, 3.05) is 25.6 Å². The average Bonchev–Trinajstić information content (AvgIpc) is 2.77. The number of nitrogens with one attached hydrogen (secondary N) is 2. The molecule has 0 saturated carbocycles. The number of fused-ring (bicyclic) bond motifs is 1. The summed E-state index contributed by atoms with van der Waals surface area (Å²) in [5.74, 6) is -0.445. The molecule has 0 bridgehead atoms. The zero-order chi connectivity index (χ0) is 24.0. The second kappa shape index (κ2) is 11.3. The van der Waals surface area contributed by atoms with E-state index in [0.717, 1.165) is 11.1 Å². The summed E-state index contributed by atoms with van der Waals surface area (Å²) in [6, 6.07) is 12.0. The van der Waals surface area contributed by atoms with Gasteiger partial charge in [0.15, 0.2) is 0 Å². The van der Waals surface area contributed by atoms with Crippen molar-refractivity contribution < 1.29 is 19.1 Å². The van der Waals surface area contributed by atoms with E-state index in [1.807, 2.05) is 38.1 Å². The lowest BCUT2D eigenvalue weighted by molar-refractivity contribution is -0.140. The van der Waals surface area contributed by atoms with Crippen molar-refractivity contribution in [1.82, 2.24) is 10.2 Å². The number of nitrogens with zero attached hydrogens (tertiary/aromatic N) is 1. The molecule has 1 heterocycles. The van der Waals surface area contributed by atoms with E-state index >= 15 is 0 Å². The van der Waals surface area contributed by atoms with Crippen LogP contribution in [0.4, 0.5) is 5.69 Å². The molecule has 0 spiro atoms. The van der Waals surface area contributed by atoms with E-state index in [1.54, 1.807) is 30.2 Å². The second-order valence-corrected chi connectivity index (χ2v) is 8.95. The zero-order valence-corrected chi connectivity index (χ0v) is 19.9. The highest BCUT2D eigenvalue weighted by molar-refractivity contribution is 6.34. The van der Waals surface area contributed by atoms with Gasteiger partial charge in [0.1, 0.15) is 6.04 Å². The van der Waals surface area contributed by atoms with Crippen molar-refractivity contribution in [2.24, 2.45) is 5.92 Å². The van der Waals surface area contributed by atoms with Crippen LogP contribution in [0, 0.1) is 5.92 Å². The molecular formula is C25H30ClN3O4. The average molecular weight is 472 g/mol. The molecular weight excluding hydrogens is 442 g/mol. The molecule has 176 valence electrons. The SMILES string of the molecule is COCCNC(=O)c1ccc(NC(=O)C2Cc3ccccc3CN2C(=O)CC(C)C)cc1Cl. The van der Waals surface area contributed by atoms with Crippen LogP contribution < -0.4 is 10.6 Å². The lowest BCUT2D eigenvalue weighted by Gasteiger charge is -2.36. The molecule has 0 aliphatic carbocycles. The first-order valence-corrected chi connectivity index (χ1v) is 11.4. The van der Waals surface area contributed by atoms with Crippen molar-refractivity contribution in [2.45, 2.75) is 39.3 Å². The molecule has 3 amide bonds. The van der Waals surface area contributed by atoms with E-state index in [1.165, 1.54) is 0 Å². The Bertz CT molecular complexity index is 1020. The second-order valence-electron chi connectivity index (χ2n) is 8.54. The molecule has 1 aliphatic rings. The Morgan fingerprint density at radius 1 is 1.15 bits per heavy atom. The molecule has 2 N–H and O–H groups in total. The van der Waals surface area contributed by atoms with Crippen molar-refractivity contribution in [3.63, 3.8) is 0 Å². The van der Waals surface area contributed by atoms with Gasteiger partial charge < -0.3 is 20.3 Å². The van der Waals surface area contributed by atoms with Gasteiger partial charge in [0.25, 0.3) is 5.91 Å². The monoisotopic (exact) mass is 471 g/mol. The van der Waals surface area contributed by atoms with Crippen LogP contribution in [-0.2, 0) is 27.3 Å². The van der Waals surface area contributed by atoms with Crippen LogP contribution in [0.3, 0.4) is 0 Å². The van der Waals surface area contributed by atoms with Gasteiger partial charge in [0.2, 0.25) is 11.8 Å². The van der Waals surface area contributed by atoms with Gasteiger partial charge >= 0.3 is 0 Å². The summed E-state index contributed by atoms with van der Waals surface area (Å²) in [6.45, 7) is 5.14. The summed E-state index contributed by atoms with van der Waals surface area (Å²) >= 11 is 6.30. The summed E-state index contributed by atoms with van der Waals surface area (Å²) in [7, 11) is 1.55. The fourth-order valence-corrected chi connectivity index (χ4v) is 4.12. The first-order valence-electron chi connectivity index (χ1n) is 11.0. The van der Waals surface area contributed by atoms with E-state index in [2.05, 4.69) is 10.6 Å². The van der Waals surface area contributed by atoms with E-state index in [4.69, 9.17) is 16.3 Å². The van der Waals surface area contributed by atoms with Gasteiger partial charge in [-0.1, -0.05) is 49.7 Å². The Kier molecular flexibility index (Phi) is 8.47. The number of ether oxygens (including phenoxy) is 1. The number of rotatable bonds is 8. The predicted molar refractivity (Wildman–Crippen MR) is 128 cm³/mol. The molecule has 0 saturated heterocycles. The number of amides is 3. The number of methoxy groups -OCH3 is 1. The van der Waals surface area contributed by atoms with Gasteiger partial charge in [-0.05, 0) is 35.2 Å². The van der Waals surface area contributed by atoms with Crippen LogP contribution in [0.2, 0.25) is 5.02 Å². The summed E-state index contributed by atoms with van der Waals surface area (Å²) in [5.41, 5.74) is 2.90. The quantitative estimate of drug-likeness (QED) is 0.575. The van der Waals surface area contributed by atoms with E-state index < -0.39 is 6.04 Å². The molecule has 2 aromatic rings. The third-order valence-electron chi connectivity index (χ3n) is 5.53. The molecule has 0 fully saturated rings. The Morgan fingerprint density at radius 3 is 2.55 bits per heavy atom. The Balaban J connectivity index is 1.76.